The van der Waals surface area contributed by atoms with Crippen LogP contribution < -0.4 is 10.2 Å². The zero-order valence-electron chi connectivity index (χ0n) is 20.6. The van der Waals surface area contributed by atoms with E-state index in [0.29, 0.717) is 35.1 Å². The average molecular weight is 502 g/mol. The number of rotatable bonds is 3. The number of ether oxygens (including phenoxy) is 1. The highest BCUT2D eigenvalue weighted by molar-refractivity contribution is 6.08. The van der Waals surface area contributed by atoms with Gasteiger partial charge in [0.15, 0.2) is 5.82 Å². The number of carbonyl (C=O) groups is 2. The van der Waals surface area contributed by atoms with E-state index in [1.54, 1.807) is 17.8 Å². The Bertz CT molecular complexity index is 1180. The van der Waals surface area contributed by atoms with Gasteiger partial charge in [-0.15, -0.1) is 0 Å². The first-order chi connectivity index (χ1) is 17.3. The van der Waals surface area contributed by atoms with Crippen LogP contribution >= 0.6 is 0 Å². The highest BCUT2D eigenvalue weighted by atomic mass is 19.1. The van der Waals surface area contributed by atoms with Gasteiger partial charge < -0.3 is 4.74 Å². The molecule has 3 amide bonds. The van der Waals surface area contributed by atoms with E-state index in [1.807, 2.05) is 0 Å². The summed E-state index contributed by atoms with van der Waals surface area (Å²) >= 11 is 0. The second kappa shape index (κ2) is 9.06. The second-order valence-corrected chi connectivity index (χ2v) is 10.9. The number of benzene rings is 1. The Morgan fingerprint density at radius 2 is 1.94 bits per heavy atom. The van der Waals surface area contributed by atoms with Crippen LogP contribution in [0, 0.1) is 5.82 Å². The number of fused-ring (bicyclic) bond motifs is 1. The molecule has 1 N–H and O–H groups in total. The number of hydrogen-bond donors (Lipinski definition) is 1. The van der Waals surface area contributed by atoms with Gasteiger partial charge in [0.05, 0.1) is 11.1 Å². The van der Waals surface area contributed by atoms with E-state index in [0.717, 1.165) is 51.8 Å². The van der Waals surface area contributed by atoms with Gasteiger partial charge in [0.1, 0.15) is 12.0 Å². The van der Waals surface area contributed by atoms with E-state index in [9.17, 15) is 9.59 Å². The Kier molecular flexibility index (Phi) is 5.99. The number of nitrogens with zero attached hydrogens (tertiary/aromatic N) is 4. The average Bonchev–Trinajstić information content (AvgIpc) is 3.43. The molecule has 4 aliphatic rings. The van der Waals surface area contributed by atoms with Crippen LogP contribution in [0.5, 0.6) is 0 Å². The third-order valence-electron chi connectivity index (χ3n) is 8.80. The minimum Gasteiger partial charge on any atom is -0.375 e. The molecule has 1 spiro atoms. The van der Waals surface area contributed by atoms with Gasteiger partial charge in [0, 0.05) is 51.1 Å². The predicted octanol–water partition coefficient (Wildman–Crippen LogP) is 3.78. The molecule has 3 aliphatic heterocycles. The first kappa shape index (κ1) is 23.8. The number of aromatic nitrogens is 2. The zero-order valence-corrected chi connectivity index (χ0v) is 20.6. The number of likely N-dealkylation sites (tertiary alicyclic amines) is 1. The molecule has 6 rings (SSSR count). The summed E-state index contributed by atoms with van der Waals surface area (Å²) < 4.78 is 38.5. The molecule has 1 aromatic carbocycles. The van der Waals surface area contributed by atoms with Crippen LogP contribution in [0.25, 0.3) is 10.9 Å². The molecule has 1 aromatic heterocycles. The molecule has 8 nitrogen and oxygen atoms in total. The predicted molar refractivity (Wildman–Crippen MR) is 130 cm³/mol. The van der Waals surface area contributed by atoms with Crippen LogP contribution in [0.15, 0.2) is 12.1 Å². The SMILES string of the molecule is Cn1nc(N2CCC(=O)NC2=O)c2cc(F)c([C@@H]3CC[C@H](N4CCC5(CCCO5)CC4)C(F)C3)cc21. The third-order valence-corrected chi connectivity index (χ3v) is 8.80. The van der Waals surface area contributed by atoms with Crippen molar-refractivity contribution >= 4 is 28.7 Å². The van der Waals surface area contributed by atoms with Gasteiger partial charge in [-0.25, -0.2) is 13.6 Å². The summed E-state index contributed by atoms with van der Waals surface area (Å²) in [6.07, 6.45) is 5.06. The van der Waals surface area contributed by atoms with Gasteiger partial charge in [-0.05, 0) is 68.6 Å². The number of carbonyl (C=O) groups excluding carboxylic acids is 2. The fourth-order valence-electron chi connectivity index (χ4n) is 6.76. The Morgan fingerprint density at radius 1 is 1.14 bits per heavy atom. The maximum atomic E-state index is 15.5. The first-order valence-corrected chi connectivity index (χ1v) is 13.1. The molecule has 3 atom stereocenters. The largest absolute Gasteiger partial charge is 0.375 e. The Morgan fingerprint density at radius 3 is 2.64 bits per heavy atom. The number of urea groups is 1. The molecule has 1 aliphatic carbocycles. The molecule has 0 radical (unpaired) electrons. The number of alkyl halides is 1. The van der Waals surface area contributed by atoms with E-state index in [1.165, 1.54) is 11.0 Å². The van der Waals surface area contributed by atoms with Gasteiger partial charge in [0.2, 0.25) is 5.91 Å². The molecule has 36 heavy (non-hydrogen) atoms. The number of hydrogen-bond acceptors (Lipinski definition) is 5. The maximum absolute atomic E-state index is 15.5. The van der Waals surface area contributed by atoms with Crippen molar-refractivity contribution in [1.29, 1.82) is 0 Å². The van der Waals surface area contributed by atoms with Crippen molar-refractivity contribution in [2.75, 3.05) is 31.1 Å². The fourth-order valence-corrected chi connectivity index (χ4v) is 6.76. The molecule has 10 heteroatoms. The first-order valence-electron chi connectivity index (χ1n) is 13.1. The number of imide groups is 1. The van der Waals surface area contributed by atoms with Crippen LogP contribution in [0.1, 0.15) is 62.8 Å². The quantitative estimate of drug-likeness (QED) is 0.693. The molecule has 1 saturated carbocycles. The van der Waals surface area contributed by atoms with Crippen molar-refractivity contribution in [2.45, 2.75) is 75.1 Å². The van der Waals surface area contributed by atoms with Gasteiger partial charge >= 0.3 is 6.03 Å². The standard InChI is InChI=1S/C26H33F2N5O3/c1-31-22-15-17(19(27)14-18(22)24(30-31)33-9-5-23(34)29-25(33)35)16-3-4-21(20(28)13-16)32-10-7-26(8-11-32)6-2-12-36-26/h14-16,20-21H,2-13H2,1H3,(H,29,34,35)/t16-,20?,21+/m1/s1. The summed E-state index contributed by atoms with van der Waals surface area (Å²) in [6.45, 7) is 2.76. The van der Waals surface area contributed by atoms with Gasteiger partial charge in [-0.2, -0.15) is 5.10 Å². The Balaban J connectivity index is 1.18. The van der Waals surface area contributed by atoms with Crippen molar-refractivity contribution in [1.82, 2.24) is 20.0 Å². The molecular weight excluding hydrogens is 468 g/mol. The Labute approximate surface area is 208 Å². The van der Waals surface area contributed by atoms with E-state index in [2.05, 4.69) is 15.3 Å². The summed E-state index contributed by atoms with van der Waals surface area (Å²) in [5, 5.41) is 7.23. The molecule has 194 valence electrons. The van der Waals surface area contributed by atoms with Gasteiger partial charge in [0.25, 0.3) is 0 Å². The van der Waals surface area contributed by atoms with Crippen LogP contribution in [-0.2, 0) is 16.6 Å². The molecule has 4 fully saturated rings. The van der Waals surface area contributed by atoms with Crippen molar-refractivity contribution in [3.8, 4) is 0 Å². The van der Waals surface area contributed by atoms with Gasteiger partial charge in [-0.3, -0.25) is 24.6 Å². The van der Waals surface area contributed by atoms with Crippen molar-refractivity contribution in [3.05, 3.63) is 23.5 Å². The molecule has 4 heterocycles. The summed E-state index contributed by atoms with van der Waals surface area (Å²) in [7, 11) is 1.74. The fraction of sp³-hybridized carbons (Fsp3) is 0.654. The van der Waals surface area contributed by atoms with E-state index < -0.39 is 18.0 Å². The number of piperidine rings is 1. The summed E-state index contributed by atoms with van der Waals surface area (Å²) in [5.74, 6) is -0.621. The molecule has 3 saturated heterocycles. The topological polar surface area (TPSA) is 79.7 Å². The van der Waals surface area contributed by atoms with Crippen LogP contribution in [0.4, 0.5) is 19.4 Å². The van der Waals surface area contributed by atoms with Crippen LogP contribution in [-0.4, -0.2) is 70.7 Å². The smallest absolute Gasteiger partial charge is 0.329 e. The number of amides is 3. The number of halogens is 2. The molecule has 0 bridgehead atoms. The Hall–Kier alpha value is -2.59. The van der Waals surface area contributed by atoms with Crippen molar-refractivity contribution in [2.24, 2.45) is 7.05 Å². The highest BCUT2D eigenvalue weighted by Gasteiger charge is 2.43. The third kappa shape index (κ3) is 4.08. The molecular formula is C26H33F2N5O3. The number of nitrogens with one attached hydrogen (secondary N) is 1. The summed E-state index contributed by atoms with van der Waals surface area (Å²) in [5.41, 5.74) is 1.21. The van der Waals surface area contributed by atoms with E-state index in [-0.39, 0.29) is 36.4 Å². The number of anilines is 1. The summed E-state index contributed by atoms with van der Waals surface area (Å²) in [4.78, 5) is 27.5. The minimum atomic E-state index is -1.01. The maximum Gasteiger partial charge on any atom is 0.329 e. The molecule has 1 unspecified atom stereocenters. The lowest BCUT2D eigenvalue weighted by molar-refractivity contribution is -0.120. The van der Waals surface area contributed by atoms with Crippen molar-refractivity contribution < 1.29 is 23.1 Å². The normalized spacial score (nSPS) is 29.3. The second-order valence-electron chi connectivity index (χ2n) is 10.9. The lowest BCUT2D eigenvalue weighted by Crippen LogP contribution is -2.52. The van der Waals surface area contributed by atoms with Crippen molar-refractivity contribution in [3.63, 3.8) is 0 Å². The van der Waals surface area contributed by atoms with Gasteiger partial charge in [-0.1, -0.05) is 0 Å². The molecule has 2 aromatic rings. The lowest BCUT2D eigenvalue weighted by atomic mass is 9.78. The number of aryl methyl sites for hydroxylation is 1. The highest BCUT2D eigenvalue weighted by Crippen LogP contribution is 2.42. The van der Waals surface area contributed by atoms with E-state index >= 15 is 8.78 Å². The van der Waals surface area contributed by atoms with Crippen LogP contribution in [0.2, 0.25) is 0 Å². The lowest BCUT2D eigenvalue weighted by Gasteiger charge is -2.45. The summed E-state index contributed by atoms with van der Waals surface area (Å²) in [6, 6.07) is 2.49. The van der Waals surface area contributed by atoms with Crippen LogP contribution in [0.3, 0.4) is 0 Å². The zero-order chi connectivity index (χ0) is 25.0. The van der Waals surface area contributed by atoms with E-state index in [4.69, 9.17) is 4.74 Å². The minimum absolute atomic E-state index is 0.0183. The monoisotopic (exact) mass is 501 g/mol.